The minimum Gasteiger partial charge on any atom is -0.333 e. The van der Waals surface area contributed by atoms with Crippen LogP contribution in [0.1, 0.15) is 12.6 Å². The van der Waals surface area contributed by atoms with Crippen LogP contribution in [0, 0.1) is 0 Å². The lowest BCUT2D eigenvalue weighted by Gasteiger charge is -2.05. The van der Waals surface area contributed by atoms with Gasteiger partial charge in [-0.1, -0.05) is 36.9 Å². The number of rotatable bonds is 2. The molecule has 2 nitrogen and oxygen atoms in total. The van der Waals surface area contributed by atoms with Crippen LogP contribution >= 0.6 is 0 Å². The predicted molar refractivity (Wildman–Crippen MR) is 63.4 cm³/mol. The number of aryl methyl sites for hydroxylation is 1. The van der Waals surface area contributed by atoms with E-state index >= 15 is 0 Å². The summed E-state index contributed by atoms with van der Waals surface area (Å²) >= 11 is 0. The molecule has 2 aromatic rings. The Hall–Kier alpha value is -1.83. The van der Waals surface area contributed by atoms with Crippen molar-refractivity contribution in [1.29, 1.82) is 0 Å². The highest BCUT2D eigenvalue weighted by molar-refractivity contribution is 5.75. The fourth-order valence-corrected chi connectivity index (χ4v) is 1.68. The summed E-state index contributed by atoms with van der Waals surface area (Å²) < 4.78 is 2.03. The fourth-order valence-electron chi connectivity index (χ4n) is 1.68. The van der Waals surface area contributed by atoms with Gasteiger partial charge in [-0.15, -0.1) is 0 Å². The Labute approximate surface area is 89.9 Å². The number of hydrogen-bond donors (Lipinski definition) is 0. The second-order valence-corrected chi connectivity index (χ2v) is 3.70. The largest absolute Gasteiger partial charge is 0.333 e. The van der Waals surface area contributed by atoms with Crippen LogP contribution in [0.25, 0.3) is 16.8 Å². The molecule has 15 heavy (non-hydrogen) atoms. The minimum absolute atomic E-state index is 0.976. The first-order valence-corrected chi connectivity index (χ1v) is 4.93. The number of aromatic nitrogens is 2. The second-order valence-electron chi connectivity index (χ2n) is 3.70. The van der Waals surface area contributed by atoms with Gasteiger partial charge in [0.15, 0.2) is 0 Å². The lowest BCUT2D eigenvalue weighted by atomic mass is 10.1. The molecule has 1 heterocycles. The van der Waals surface area contributed by atoms with Crippen molar-refractivity contribution in [1.82, 2.24) is 9.55 Å². The zero-order valence-corrected chi connectivity index (χ0v) is 9.07. The molecule has 0 spiro atoms. The van der Waals surface area contributed by atoms with Crippen LogP contribution in [0.2, 0.25) is 0 Å². The number of nitrogens with zero attached hydrogens (tertiary/aromatic N) is 2. The normalized spacial score (nSPS) is 10.3. The van der Waals surface area contributed by atoms with E-state index in [9.17, 15) is 0 Å². The molecule has 0 atom stereocenters. The molecule has 0 radical (unpaired) electrons. The van der Waals surface area contributed by atoms with Crippen molar-refractivity contribution in [3.05, 3.63) is 48.9 Å². The summed E-state index contributed by atoms with van der Waals surface area (Å²) in [6.45, 7) is 5.93. The van der Waals surface area contributed by atoms with Gasteiger partial charge in [0, 0.05) is 12.6 Å². The number of benzene rings is 1. The maximum absolute atomic E-state index is 4.36. The van der Waals surface area contributed by atoms with E-state index in [1.807, 2.05) is 43.1 Å². The van der Waals surface area contributed by atoms with Crippen molar-refractivity contribution in [2.24, 2.45) is 7.05 Å². The molecule has 0 saturated heterocycles. The molecule has 0 aliphatic heterocycles. The number of hydrogen-bond acceptors (Lipinski definition) is 1. The van der Waals surface area contributed by atoms with Crippen molar-refractivity contribution in [2.45, 2.75) is 6.92 Å². The molecule has 0 fully saturated rings. The molecule has 0 unspecified atom stereocenters. The zero-order valence-electron chi connectivity index (χ0n) is 9.07. The van der Waals surface area contributed by atoms with Crippen LogP contribution in [0.3, 0.4) is 0 Å². The maximum Gasteiger partial charge on any atom is 0.0955 e. The Morgan fingerprint density at radius 2 is 1.93 bits per heavy atom. The summed E-state index contributed by atoms with van der Waals surface area (Å²) in [7, 11) is 2.00. The van der Waals surface area contributed by atoms with E-state index < -0.39 is 0 Å². The van der Waals surface area contributed by atoms with E-state index in [-0.39, 0.29) is 0 Å². The summed E-state index contributed by atoms with van der Waals surface area (Å²) in [6.07, 6.45) is 1.83. The van der Waals surface area contributed by atoms with E-state index in [0.29, 0.717) is 0 Å². The summed E-state index contributed by atoms with van der Waals surface area (Å²) in [5, 5.41) is 0. The van der Waals surface area contributed by atoms with E-state index in [1.165, 1.54) is 5.56 Å². The predicted octanol–water partition coefficient (Wildman–Crippen LogP) is 3.12. The molecule has 2 heteroatoms. The van der Waals surface area contributed by atoms with Gasteiger partial charge in [0.25, 0.3) is 0 Å². The first-order valence-electron chi connectivity index (χ1n) is 4.93. The molecule has 1 aromatic carbocycles. The van der Waals surface area contributed by atoms with Crippen LogP contribution in [-0.4, -0.2) is 9.55 Å². The van der Waals surface area contributed by atoms with Gasteiger partial charge in [-0.25, -0.2) is 4.98 Å². The second kappa shape index (κ2) is 3.73. The molecule has 0 saturated carbocycles. The van der Waals surface area contributed by atoms with Gasteiger partial charge < -0.3 is 4.57 Å². The van der Waals surface area contributed by atoms with Gasteiger partial charge in [-0.2, -0.15) is 0 Å². The fraction of sp³-hybridized carbons (Fsp3) is 0.154. The first kappa shape index (κ1) is 9.71. The summed E-state index contributed by atoms with van der Waals surface area (Å²) in [4.78, 5) is 4.36. The third-order valence-corrected chi connectivity index (χ3v) is 2.39. The van der Waals surface area contributed by atoms with E-state index in [2.05, 4.69) is 23.7 Å². The van der Waals surface area contributed by atoms with Crippen molar-refractivity contribution in [2.75, 3.05) is 0 Å². The summed E-state index contributed by atoms with van der Waals surface area (Å²) in [6, 6.07) is 10.3. The van der Waals surface area contributed by atoms with Crippen molar-refractivity contribution in [3.63, 3.8) is 0 Å². The molecule has 0 amide bonds. The molecule has 2 rings (SSSR count). The van der Waals surface area contributed by atoms with Gasteiger partial charge in [0.2, 0.25) is 0 Å². The Morgan fingerprint density at radius 3 is 2.53 bits per heavy atom. The standard InChI is InChI=1S/C13H14N2/c1-10(2)12-13(15(3)9-14-12)11-7-5-4-6-8-11/h4-9H,1H2,2-3H3. The third kappa shape index (κ3) is 1.71. The van der Waals surface area contributed by atoms with Crippen molar-refractivity contribution in [3.8, 4) is 11.3 Å². The number of allylic oxidation sites excluding steroid dienone is 1. The lowest BCUT2D eigenvalue weighted by molar-refractivity contribution is 0.921. The average Bonchev–Trinajstić information content (AvgIpc) is 2.61. The quantitative estimate of drug-likeness (QED) is 0.725. The highest BCUT2D eigenvalue weighted by Gasteiger charge is 2.10. The van der Waals surface area contributed by atoms with Crippen molar-refractivity contribution >= 4 is 5.57 Å². The molecule has 0 bridgehead atoms. The summed E-state index contributed by atoms with van der Waals surface area (Å²) in [5.41, 5.74) is 4.27. The topological polar surface area (TPSA) is 17.8 Å². The Kier molecular flexibility index (Phi) is 2.42. The smallest absolute Gasteiger partial charge is 0.0955 e. The van der Waals surface area contributed by atoms with E-state index in [1.54, 1.807) is 0 Å². The van der Waals surface area contributed by atoms with Crippen LogP contribution < -0.4 is 0 Å². The monoisotopic (exact) mass is 198 g/mol. The molecule has 76 valence electrons. The Balaban J connectivity index is 2.62. The van der Waals surface area contributed by atoms with E-state index in [0.717, 1.165) is 17.0 Å². The summed E-state index contributed by atoms with van der Waals surface area (Å²) in [5.74, 6) is 0. The molecular weight excluding hydrogens is 184 g/mol. The van der Waals surface area contributed by atoms with Gasteiger partial charge in [0.05, 0.1) is 17.7 Å². The van der Waals surface area contributed by atoms with E-state index in [4.69, 9.17) is 0 Å². The molecule has 0 N–H and O–H groups in total. The minimum atomic E-state index is 0.976. The van der Waals surface area contributed by atoms with Crippen LogP contribution in [0.5, 0.6) is 0 Å². The number of imidazole rings is 1. The zero-order chi connectivity index (χ0) is 10.8. The molecule has 0 aliphatic rings. The van der Waals surface area contributed by atoms with Crippen LogP contribution in [0.15, 0.2) is 43.2 Å². The third-order valence-electron chi connectivity index (χ3n) is 2.39. The highest BCUT2D eigenvalue weighted by atomic mass is 15.0. The lowest BCUT2D eigenvalue weighted by Crippen LogP contribution is -1.92. The Bertz CT molecular complexity index is 480. The van der Waals surface area contributed by atoms with Gasteiger partial charge in [0.1, 0.15) is 0 Å². The average molecular weight is 198 g/mol. The Morgan fingerprint density at radius 1 is 1.27 bits per heavy atom. The van der Waals surface area contributed by atoms with Gasteiger partial charge in [-0.05, 0) is 12.5 Å². The van der Waals surface area contributed by atoms with Crippen molar-refractivity contribution < 1.29 is 0 Å². The van der Waals surface area contributed by atoms with Crippen LogP contribution in [0.4, 0.5) is 0 Å². The molecule has 1 aromatic heterocycles. The van der Waals surface area contributed by atoms with Gasteiger partial charge >= 0.3 is 0 Å². The van der Waals surface area contributed by atoms with Gasteiger partial charge in [-0.3, -0.25) is 0 Å². The van der Waals surface area contributed by atoms with Crippen LogP contribution in [-0.2, 0) is 7.05 Å². The molecule has 0 aliphatic carbocycles. The molecular formula is C13H14N2. The maximum atomic E-state index is 4.36. The SMILES string of the molecule is C=C(C)c1ncn(C)c1-c1ccccc1. The highest BCUT2D eigenvalue weighted by Crippen LogP contribution is 2.26. The first-order chi connectivity index (χ1) is 7.20.